The largest absolute Gasteiger partial charge is 0.439 e. The lowest BCUT2D eigenvalue weighted by molar-refractivity contribution is -0.115. The smallest absolute Gasteiger partial charge is 0.290 e. The maximum absolute atomic E-state index is 12.0. The van der Waals surface area contributed by atoms with Crippen LogP contribution in [0.3, 0.4) is 0 Å². The highest BCUT2D eigenvalue weighted by molar-refractivity contribution is 8.18. The van der Waals surface area contributed by atoms with Crippen molar-refractivity contribution in [3.05, 3.63) is 65.7 Å². The molecule has 0 radical (unpaired) electrons. The number of rotatable bonds is 5. The van der Waals surface area contributed by atoms with E-state index < -0.39 is 11.1 Å². The second kappa shape index (κ2) is 9.25. The number of ether oxygens (including phenoxy) is 1. The highest BCUT2D eigenvalue weighted by Crippen LogP contribution is 2.28. The summed E-state index contributed by atoms with van der Waals surface area (Å²) in [5, 5.41) is 1.86. The molecule has 0 spiro atoms. The summed E-state index contributed by atoms with van der Waals surface area (Å²) in [5.74, 6) is 1.05. The fourth-order valence-electron chi connectivity index (χ4n) is 3.48. The number of piperazine rings is 1. The third-order valence-corrected chi connectivity index (χ3v) is 5.88. The molecule has 3 aromatic rings. The molecule has 0 saturated carbocycles. The van der Waals surface area contributed by atoms with Crippen molar-refractivity contribution in [2.45, 2.75) is 0 Å². The van der Waals surface area contributed by atoms with E-state index >= 15 is 0 Å². The average molecular weight is 462 g/mol. The number of imide groups is 1. The fraction of sp³-hybridized carbons (Fsp3) is 0.182. The van der Waals surface area contributed by atoms with Gasteiger partial charge in [0.05, 0.1) is 28.7 Å². The number of nitrogens with one attached hydrogen (secondary N) is 1. The Bertz CT molecular complexity index is 1200. The van der Waals surface area contributed by atoms with E-state index in [4.69, 9.17) is 4.74 Å². The summed E-state index contributed by atoms with van der Waals surface area (Å²) in [7, 11) is 0. The Morgan fingerprint density at radius 1 is 0.970 bits per heavy atom. The Morgan fingerprint density at radius 2 is 1.70 bits per heavy atom. The minimum Gasteiger partial charge on any atom is -0.439 e. The molecule has 11 heteroatoms. The second-order valence-electron chi connectivity index (χ2n) is 7.27. The first-order valence-corrected chi connectivity index (χ1v) is 11.1. The Morgan fingerprint density at radius 3 is 2.39 bits per heavy atom. The first-order chi connectivity index (χ1) is 16.1. The predicted octanol–water partition coefficient (Wildman–Crippen LogP) is 2.71. The normalized spacial score (nSPS) is 17.4. The van der Waals surface area contributed by atoms with Crippen molar-refractivity contribution in [1.82, 2.24) is 25.3 Å². The van der Waals surface area contributed by atoms with Gasteiger partial charge in [-0.25, -0.2) is 15.0 Å². The van der Waals surface area contributed by atoms with Gasteiger partial charge in [-0.1, -0.05) is 18.2 Å². The SMILES string of the molecule is O=C1NC(=O)/C(=C\c2cc(Oc3ccccc3)nc(N3CCN(c4cncnc4)CC3)n2)S1. The van der Waals surface area contributed by atoms with E-state index in [2.05, 4.69) is 35.1 Å². The number of benzene rings is 1. The molecule has 2 aliphatic rings. The van der Waals surface area contributed by atoms with E-state index in [0.29, 0.717) is 36.4 Å². The zero-order chi connectivity index (χ0) is 22.6. The molecule has 4 heterocycles. The van der Waals surface area contributed by atoms with Crippen molar-refractivity contribution >= 4 is 40.6 Å². The van der Waals surface area contributed by atoms with E-state index in [1.807, 2.05) is 30.3 Å². The number of carbonyl (C=O) groups is 2. The van der Waals surface area contributed by atoms with Gasteiger partial charge < -0.3 is 14.5 Å². The minimum absolute atomic E-state index is 0.282. The molecular weight excluding hydrogens is 442 g/mol. The molecule has 5 rings (SSSR count). The zero-order valence-corrected chi connectivity index (χ0v) is 18.2. The molecule has 10 nitrogen and oxygen atoms in total. The van der Waals surface area contributed by atoms with Crippen LogP contribution in [-0.4, -0.2) is 57.3 Å². The number of anilines is 2. The third kappa shape index (κ3) is 4.93. The van der Waals surface area contributed by atoms with Crippen molar-refractivity contribution in [2.24, 2.45) is 0 Å². The van der Waals surface area contributed by atoms with Gasteiger partial charge in [0.15, 0.2) is 0 Å². The van der Waals surface area contributed by atoms with Crippen molar-refractivity contribution in [2.75, 3.05) is 36.0 Å². The molecule has 0 unspecified atom stereocenters. The Hall–Kier alpha value is -3.99. The molecular formula is C22H19N7O3S. The van der Waals surface area contributed by atoms with Crippen molar-refractivity contribution in [3.63, 3.8) is 0 Å². The number of carbonyl (C=O) groups excluding carboxylic acids is 2. The Labute approximate surface area is 193 Å². The van der Waals surface area contributed by atoms with Crippen LogP contribution in [0.25, 0.3) is 6.08 Å². The van der Waals surface area contributed by atoms with Crippen LogP contribution in [-0.2, 0) is 4.79 Å². The van der Waals surface area contributed by atoms with Gasteiger partial charge in [0.2, 0.25) is 11.8 Å². The number of hydrogen-bond acceptors (Lipinski definition) is 10. The topological polar surface area (TPSA) is 113 Å². The minimum atomic E-state index is -0.436. The van der Waals surface area contributed by atoms with Crippen LogP contribution >= 0.6 is 11.8 Å². The number of nitrogens with zero attached hydrogens (tertiary/aromatic N) is 6. The van der Waals surface area contributed by atoms with Crippen LogP contribution in [0.5, 0.6) is 11.6 Å². The Balaban J connectivity index is 1.41. The van der Waals surface area contributed by atoms with Gasteiger partial charge in [0.1, 0.15) is 12.1 Å². The van der Waals surface area contributed by atoms with Gasteiger partial charge in [-0.2, -0.15) is 4.98 Å². The number of hydrogen-bond donors (Lipinski definition) is 1. The molecule has 2 amide bonds. The summed E-state index contributed by atoms with van der Waals surface area (Å²) in [6, 6.07) is 11.0. The van der Waals surface area contributed by atoms with E-state index in [-0.39, 0.29) is 4.91 Å². The summed E-state index contributed by atoms with van der Waals surface area (Å²) in [6.07, 6.45) is 6.68. The lowest BCUT2D eigenvalue weighted by atomic mass is 10.3. The number of aromatic nitrogens is 4. The predicted molar refractivity (Wildman–Crippen MR) is 124 cm³/mol. The van der Waals surface area contributed by atoms with Crippen molar-refractivity contribution < 1.29 is 14.3 Å². The molecule has 0 bridgehead atoms. The van der Waals surface area contributed by atoms with Crippen LogP contribution in [0.4, 0.5) is 16.4 Å². The van der Waals surface area contributed by atoms with Crippen molar-refractivity contribution in [3.8, 4) is 11.6 Å². The molecule has 2 fully saturated rings. The summed E-state index contributed by atoms with van der Waals surface area (Å²) >= 11 is 0.846. The standard InChI is InChI=1S/C22H19N7O3S/c30-20-18(33-22(31)27-20)10-15-11-19(32-17-4-2-1-3-5-17)26-21(25-15)29-8-6-28(7-9-29)16-12-23-14-24-13-16/h1-5,10-14H,6-9H2,(H,27,30,31)/b18-10+. The van der Waals surface area contributed by atoms with Gasteiger partial charge >= 0.3 is 0 Å². The summed E-state index contributed by atoms with van der Waals surface area (Å²) in [6.45, 7) is 2.88. The highest BCUT2D eigenvalue weighted by atomic mass is 32.2. The summed E-state index contributed by atoms with van der Waals surface area (Å²) in [5.41, 5.74) is 1.45. The lowest BCUT2D eigenvalue weighted by Crippen LogP contribution is -2.47. The van der Waals surface area contributed by atoms with Crippen LogP contribution in [0.1, 0.15) is 5.69 Å². The molecule has 0 atom stereocenters. The Kier molecular flexibility index (Phi) is 5.85. The van der Waals surface area contributed by atoms with Crippen LogP contribution in [0.15, 0.2) is 60.0 Å². The lowest BCUT2D eigenvalue weighted by Gasteiger charge is -2.35. The summed E-state index contributed by atoms with van der Waals surface area (Å²) in [4.78, 5) is 45.5. The second-order valence-corrected chi connectivity index (χ2v) is 8.28. The van der Waals surface area contributed by atoms with Gasteiger partial charge in [-0.05, 0) is 30.0 Å². The van der Waals surface area contributed by atoms with E-state index in [1.165, 1.54) is 6.33 Å². The molecule has 0 aliphatic carbocycles. The highest BCUT2D eigenvalue weighted by Gasteiger charge is 2.26. The summed E-state index contributed by atoms with van der Waals surface area (Å²) < 4.78 is 5.95. The van der Waals surface area contributed by atoms with Crippen LogP contribution in [0.2, 0.25) is 0 Å². The number of thioether (sulfide) groups is 1. The van der Waals surface area contributed by atoms with Crippen LogP contribution in [0, 0.1) is 0 Å². The first kappa shape index (κ1) is 20.9. The maximum atomic E-state index is 12.0. The molecule has 33 heavy (non-hydrogen) atoms. The quantitative estimate of drug-likeness (QED) is 0.569. The number of para-hydroxylation sites is 1. The molecule has 2 saturated heterocycles. The van der Waals surface area contributed by atoms with E-state index in [0.717, 1.165) is 30.5 Å². The average Bonchev–Trinajstić information content (AvgIpc) is 3.16. The molecule has 1 aromatic carbocycles. The first-order valence-electron chi connectivity index (χ1n) is 10.3. The fourth-order valence-corrected chi connectivity index (χ4v) is 4.15. The van der Waals surface area contributed by atoms with E-state index in [9.17, 15) is 9.59 Å². The van der Waals surface area contributed by atoms with Crippen LogP contribution < -0.4 is 19.9 Å². The zero-order valence-electron chi connectivity index (χ0n) is 17.4. The monoisotopic (exact) mass is 461 g/mol. The molecule has 166 valence electrons. The molecule has 1 N–H and O–H groups in total. The number of amides is 2. The van der Waals surface area contributed by atoms with Crippen molar-refractivity contribution in [1.29, 1.82) is 0 Å². The molecule has 2 aliphatic heterocycles. The third-order valence-electron chi connectivity index (χ3n) is 5.07. The van der Waals surface area contributed by atoms with Gasteiger partial charge in [-0.3, -0.25) is 14.9 Å². The molecule has 2 aromatic heterocycles. The van der Waals surface area contributed by atoms with Gasteiger partial charge in [0.25, 0.3) is 11.1 Å². The van der Waals surface area contributed by atoms with E-state index in [1.54, 1.807) is 24.5 Å². The van der Waals surface area contributed by atoms with Gasteiger partial charge in [0, 0.05) is 32.2 Å². The van der Waals surface area contributed by atoms with Gasteiger partial charge in [-0.15, -0.1) is 0 Å². The maximum Gasteiger partial charge on any atom is 0.290 e.